The second-order valence-corrected chi connectivity index (χ2v) is 6.67. The molecule has 1 aliphatic rings. The summed E-state index contributed by atoms with van der Waals surface area (Å²) in [6.07, 6.45) is 3.38. The van der Waals surface area contributed by atoms with Gasteiger partial charge in [-0.05, 0) is 36.4 Å². The summed E-state index contributed by atoms with van der Waals surface area (Å²) in [7, 11) is 0. The van der Waals surface area contributed by atoms with Gasteiger partial charge < -0.3 is 19.4 Å². The van der Waals surface area contributed by atoms with E-state index >= 15 is 0 Å². The molecule has 148 valence electrons. The molecule has 0 amide bonds. The van der Waals surface area contributed by atoms with Crippen LogP contribution in [0.4, 0.5) is 16.2 Å². The van der Waals surface area contributed by atoms with E-state index < -0.39 is 0 Å². The van der Waals surface area contributed by atoms with Crippen LogP contribution < -0.4 is 10.2 Å². The predicted molar refractivity (Wildman–Crippen MR) is 106 cm³/mol. The van der Waals surface area contributed by atoms with E-state index in [1.165, 1.54) is 12.1 Å². The SMILES string of the molecule is Fc1ccc(-n2ncc3c(N4CCOCC4)nc(NCc4ccco4)nc32)cc1. The molecule has 1 aromatic carbocycles. The zero-order chi connectivity index (χ0) is 19.6. The maximum Gasteiger partial charge on any atom is 0.227 e. The molecule has 1 N–H and O–H groups in total. The highest BCUT2D eigenvalue weighted by molar-refractivity contribution is 5.89. The first-order valence-electron chi connectivity index (χ1n) is 9.38. The minimum Gasteiger partial charge on any atom is -0.467 e. The molecular weight excluding hydrogens is 375 g/mol. The number of benzene rings is 1. The van der Waals surface area contributed by atoms with E-state index in [1.54, 1.807) is 29.3 Å². The first kappa shape index (κ1) is 17.6. The fourth-order valence-corrected chi connectivity index (χ4v) is 3.34. The average molecular weight is 394 g/mol. The molecule has 1 saturated heterocycles. The molecule has 0 aliphatic carbocycles. The predicted octanol–water partition coefficient (Wildman–Crippen LogP) is 3.00. The third-order valence-electron chi connectivity index (χ3n) is 4.79. The third kappa shape index (κ3) is 3.52. The number of morpholine rings is 1. The normalized spacial score (nSPS) is 14.4. The molecular formula is C20H19FN6O2. The van der Waals surface area contributed by atoms with Crippen molar-refractivity contribution in [1.29, 1.82) is 0 Å². The van der Waals surface area contributed by atoms with Crippen molar-refractivity contribution in [3.8, 4) is 5.69 Å². The maximum absolute atomic E-state index is 13.4. The molecule has 1 fully saturated rings. The Labute approximate surface area is 165 Å². The fraction of sp³-hybridized carbons (Fsp3) is 0.250. The first-order valence-corrected chi connectivity index (χ1v) is 9.38. The molecule has 8 nitrogen and oxygen atoms in total. The number of fused-ring (bicyclic) bond motifs is 1. The third-order valence-corrected chi connectivity index (χ3v) is 4.79. The van der Waals surface area contributed by atoms with Gasteiger partial charge in [-0.2, -0.15) is 15.1 Å². The van der Waals surface area contributed by atoms with Crippen molar-refractivity contribution in [3.63, 3.8) is 0 Å². The zero-order valence-corrected chi connectivity index (χ0v) is 15.6. The lowest BCUT2D eigenvalue weighted by Gasteiger charge is -2.28. The van der Waals surface area contributed by atoms with Crippen molar-refractivity contribution in [1.82, 2.24) is 19.7 Å². The smallest absolute Gasteiger partial charge is 0.227 e. The first-order chi connectivity index (χ1) is 14.3. The zero-order valence-electron chi connectivity index (χ0n) is 15.6. The quantitative estimate of drug-likeness (QED) is 0.557. The highest BCUT2D eigenvalue weighted by Gasteiger charge is 2.20. The number of hydrogen-bond acceptors (Lipinski definition) is 7. The molecule has 0 atom stereocenters. The summed E-state index contributed by atoms with van der Waals surface area (Å²) in [6.45, 7) is 3.24. The molecule has 3 aromatic heterocycles. The molecule has 29 heavy (non-hydrogen) atoms. The summed E-state index contributed by atoms with van der Waals surface area (Å²) in [5.74, 6) is 1.76. The molecule has 0 unspecified atom stereocenters. The van der Waals surface area contributed by atoms with Crippen molar-refractivity contribution in [2.24, 2.45) is 0 Å². The van der Waals surface area contributed by atoms with Crippen LogP contribution in [0.3, 0.4) is 0 Å². The summed E-state index contributed by atoms with van der Waals surface area (Å²) in [4.78, 5) is 11.6. The van der Waals surface area contributed by atoms with E-state index in [1.807, 2.05) is 12.1 Å². The van der Waals surface area contributed by atoms with Crippen molar-refractivity contribution < 1.29 is 13.5 Å². The van der Waals surface area contributed by atoms with E-state index in [0.717, 1.165) is 35.7 Å². The molecule has 0 bridgehead atoms. The minimum absolute atomic E-state index is 0.297. The minimum atomic E-state index is -0.297. The van der Waals surface area contributed by atoms with E-state index in [0.29, 0.717) is 31.4 Å². The lowest BCUT2D eigenvalue weighted by Crippen LogP contribution is -2.37. The van der Waals surface area contributed by atoms with E-state index in [9.17, 15) is 4.39 Å². The Morgan fingerprint density at radius 2 is 1.90 bits per heavy atom. The summed E-state index contributed by atoms with van der Waals surface area (Å²) >= 11 is 0. The van der Waals surface area contributed by atoms with Gasteiger partial charge in [-0.1, -0.05) is 0 Å². The van der Waals surface area contributed by atoms with Crippen LogP contribution in [-0.2, 0) is 11.3 Å². The molecule has 4 aromatic rings. The van der Waals surface area contributed by atoms with E-state index in [4.69, 9.17) is 14.1 Å². The van der Waals surface area contributed by atoms with Crippen LogP contribution in [0, 0.1) is 5.82 Å². The van der Waals surface area contributed by atoms with Crippen LogP contribution in [0.2, 0.25) is 0 Å². The van der Waals surface area contributed by atoms with Gasteiger partial charge >= 0.3 is 0 Å². The lowest BCUT2D eigenvalue weighted by molar-refractivity contribution is 0.122. The van der Waals surface area contributed by atoms with Crippen LogP contribution in [0.1, 0.15) is 5.76 Å². The fourth-order valence-electron chi connectivity index (χ4n) is 3.34. The second-order valence-electron chi connectivity index (χ2n) is 6.67. The molecule has 5 rings (SSSR count). The summed E-state index contributed by atoms with van der Waals surface area (Å²) < 4.78 is 25.9. The highest BCUT2D eigenvalue weighted by Crippen LogP contribution is 2.28. The van der Waals surface area contributed by atoms with Gasteiger partial charge in [-0.25, -0.2) is 9.07 Å². The molecule has 0 spiro atoms. The lowest BCUT2D eigenvalue weighted by atomic mass is 10.3. The molecule has 1 aliphatic heterocycles. The number of hydrogen-bond donors (Lipinski definition) is 1. The monoisotopic (exact) mass is 394 g/mol. The summed E-state index contributed by atoms with van der Waals surface area (Å²) in [5.41, 5.74) is 1.38. The molecule has 9 heteroatoms. The standard InChI is InChI=1S/C20H19FN6O2/c21-14-3-5-15(6-4-14)27-19-17(13-23-27)18(26-7-10-28-11-8-26)24-20(25-19)22-12-16-2-1-9-29-16/h1-6,9,13H,7-8,10-12H2,(H,22,24,25). The van der Waals surface area contributed by atoms with Gasteiger partial charge in [0.2, 0.25) is 5.95 Å². The van der Waals surface area contributed by atoms with Gasteiger partial charge in [0.15, 0.2) is 5.65 Å². The number of furan rings is 1. The van der Waals surface area contributed by atoms with Crippen molar-refractivity contribution in [2.75, 3.05) is 36.5 Å². The van der Waals surface area contributed by atoms with Gasteiger partial charge in [0, 0.05) is 13.1 Å². The van der Waals surface area contributed by atoms with E-state index in [2.05, 4.69) is 20.3 Å². The Bertz CT molecular complexity index is 1100. The highest BCUT2D eigenvalue weighted by atomic mass is 19.1. The van der Waals surface area contributed by atoms with Gasteiger partial charge in [-0.15, -0.1) is 0 Å². The Kier molecular flexibility index (Phi) is 4.57. The Morgan fingerprint density at radius 1 is 1.07 bits per heavy atom. The molecule has 0 saturated carbocycles. The Morgan fingerprint density at radius 3 is 2.66 bits per heavy atom. The van der Waals surface area contributed by atoms with E-state index in [-0.39, 0.29) is 5.82 Å². The average Bonchev–Trinajstić information content (AvgIpc) is 3.43. The number of nitrogens with one attached hydrogen (secondary N) is 1. The number of rotatable bonds is 5. The number of ether oxygens (including phenoxy) is 1. The van der Waals surface area contributed by atoms with Gasteiger partial charge in [-0.3, -0.25) is 0 Å². The number of halogens is 1. The van der Waals surface area contributed by atoms with Crippen molar-refractivity contribution in [2.45, 2.75) is 6.54 Å². The van der Waals surface area contributed by atoms with Crippen LogP contribution in [0.25, 0.3) is 16.7 Å². The van der Waals surface area contributed by atoms with Crippen LogP contribution in [-0.4, -0.2) is 46.1 Å². The number of aromatic nitrogens is 4. The van der Waals surface area contributed by atoms with Crippen molar-refractivity contribution in [3.05, 3.63) is 60.4 Å². The maximum atomic E-state index is 13.4. The number of anilines is 2. The summed E-state index contributed by atoms with van der Waals surface area (Å²) in [6, 6.07) is 9.88. The second kappa shape index (κ2) is 7.51. The van der Waals surface area contributed by atoms with Gasteiger partial charge in [0.1, 0.15) is 17.4 Å². The van der Waals surface area contributed by atoms with Gasteiger partial charge in [0.25, 0.3) is 0 Å². The van der Waals surface area contributed by atoms with Gasteiger partial charge in [0.05, 0.1) is 43.3 Å². The number of nitrogens with zero attached hydrogens (tertiary/aromatic N) is 5. The molecule has 4 heterocycles. The molecule has 0 radical (unpaired) electrons. The Balaban J connectivity index is 1.58. The van der Waals surface area contributed by atoms with Crippen molar-refractivity contribution >= 4 is 22.8 Å². The Hall–Kier alpha value is -3.46. The van der Waals surface area contributed by atoms with Crippen LogP contribution in [0.5, 0.6) is 0 Å². The summed E-state index contributed by atoms with van der Waals surface area (Å²) in [5, 5.41) is 8.54. The van der Waals surface area contributed by atoms with Crippen LogP contribution >= 0.6 is 0 Å². The largest absolute Gasteiger partial charge is 0.467 e. The topological polar surface area (TPSA) is 81.2 Å². The van der Waals surface area contributed by atoms with Crippen LogP contribution in [0.15, 0.2) is 53.3 Å².